The molecule has 0 saturated heterocycles. The van der Waals surface area contributed by atoms with E-state index in [1.54, 1.807) is 12.1 Å². The molecule has 0 aromatic heterocycles. The summed E-state index contributed by atoms with van der Waals surface area (Å²) in [5.41, 5.74) is 2.06. The van der Waals surface area contributed by atoms with Crippen LogP contribution in [0.3, 0.4) is 0 Å². The Balaban J connectivity index is 2.28. The molecule has 1 aromatic carbocycles. The van der Waals surface area contributed by atoms with Crippen molar-refractivity contribution >= 4 is 12.1 Å². The molecular formula is C13H12O3. The number of hydrogen-bond acceptors (Lipinski definition) is 3. The second kappa shape index (κ2) is 3.93. The van der Waals surface area contributed by atoms with E-state index in [-0.39, 0.29) is 11.9 Å². The second-order valence-electron chi connectivity index (χ2n) is 3.88. The summed E-state index contributed by atoms with van der Waals surface area (Å²) in [4.78, 5) is 21.8. The van der Waals surface area contributed by atoms with Crippen molar-refractivity contribution in [2.24, 2.45) is 0 Å². The van der Waals surface area contributed by atoms with Gasteiger partial charge in [-0.1, -0.05) is 6.58 Å². The molecule has 0 saturated carbocycles. The Morgan fingerprint density at radius 1 is 1.56 bits per heavy atom. The Morgan fingerprint density at radius 2 is 2.31 bits per heavy atom. The third kappa shape index (κ3) is 1.76. The number of benzene rings is 1. The summed E-state index contributed by atoms with van der Waals surface area (Å²) < 4.78 is 5.55. The minimum atomic E-state index is -0.283. The molecule has 0 aliphatic carbocycles. The fourth-order valence-corrected chi connectivity index (χ4v) is 1.75. The molecule has 0 bridgehead atoms. The van der Waals surface area contributed by atoms with Gasteiger partial charge in [-0.3, -0.25) is 9.59 Å². The number of carbonyl (C=O) groups excluding carboxylic acids is 2. The molecule has 2 rings (SSSR count). The summed E-state index contributed by atoms with van der Waals surface area (Å²) in [6.07, 6.45) is 1.03. The van der Waals surface area contributed by atoms with E-state index in [1.165, 1.54) is 6.92 Å². The van der Waals surface area contributed by atoms with Crippen LogP contribution in [-0.4, -0.2) is 18.2 Å². The fourth-order valence-electron chi connectivity index (χ4n) is 1.75. The van der Waals surface area contributed by atoms with Crippen LogP contribution in [0.1, 0.15) is 22.8 Å². The first kappa shape index (κ1) is 10.6. The molecule has 0 spiro atoms. The molecule has 1 heterocycles. The van der Waals surface area contributed by atoms with E-state index in [1.807, 2.05) is 6.07 Å². The van der Waals surface area contributed by atoms with Gasteiger partial charge in [0.1, 0.15) is 18.1 Å². The van der Waals surface area contributed by atoms with Crippen molar-refractivity contribution in [2.45, 2.75) is 19.4 Å². The number of aldehydes is 1. The van der Waals surface area contributed by atoms with Crippen LogP contribution >= 0.6 is 0 Å². The molecule has 0 fully saturated rings. The van der Waals surface area contributed by atoms with Gasteiger partial charge in [-0.25, -0.2) is 0 Å². The highest BCUT2D eigenvalue weighted by molar-refractivity contribution is 5.94. The van der Waals surface area contributed by atoms with Crippen molar-refractivity contribution in [3.05, 3.63) is 41.5 Å². The SMILES string of the molecule is C=C(C=O)C1Cc2cc(C(C)=O)ccc2O1. The van der Waals surface area contributed by atoms with E-state index in [9.17, 15) is 9.59 Å². The molecule has 3 nitrogen and oxygen atoms in total. The quantitative estimate of drug-likeness (QED) is 0.440. The zero-order valence-corrected chi connectivity index (χ0v) is 9.03. The first-order valence-corrected chi connectivity index (χ1v) is 5.06. The maximum absolute atomic E-state index is 11.2. The molecule has 0 N–H and O–H groups in total. The zero-order valence-electron chi connectivity index (χ0n) is 9.03. The van der Waals surface area contributed by atoms with Gasteiger partial charge in [0, 0.05) is 17.6 Å². The molecule has 1 atom stereocenters. The highest BCUT2D eigenvalue weighted by Gasteiger charge is 2.25. The molecule has 82 valence electrons. The van der Waals surface area contributed by atoms with E-state index in [0.29, 0.717) is 23.8 Å². The number of fused-ring (bicyclic) bond motifs is 1. The molecule has 0 amide bonds. The summed E-state index contributed by atoms with van der Waals surface area (Å²) in [5.74, 6) is 0.762. The molecule has 1 aliphatic heterocycles. The van der Waals surface area contributed by atoms with Crippen molar-refractivity contribution in [1.82, 2.24) is 0 Å². The van der Waals surface area contributed by atoms with Gasteiger partial charge in [0.25, 0.3) is 0 Å². The summed E-state index contributed by atoms with van der Waals surface area (Å²) >= 11 is 0. The standard InChI is InChI=1S/C13H12O3/c1-8(7-14)13-6-11-5-10(9(2)15)3-4-12(11)16-13/h3-5,7,13H,1,6H2,2H3. The van der Waals surface area contributed by atoms with E-state index >= 15 is 0 Å². The zero-order chi connectivity index (χ0) is 11.7. The third-order valence-electron chi connectivity index (χ3n) is 2.71. The van der Waals surface area contributed by atoms with Crippen molar-refractivity contribution in [2.75, 3.05) is 0 Å². The lowest BCUT2D eigenvalue weighted by Crippen LogP contribution is -2.16. The number of hydrogen-bond donors (Lipinski definition) is 0. The number of ether oxygens (including phenoxy) is 1. The highest BCUT2D eigenvalue weighted by atomic mass is 16.5. The molecule has 0 radical (unpaired) electrons. The van der Waals surface area contributed by atoms with Gasteiger partial charge in [-0.05, 0) is 30.7 Å². The van der Waals surface area contributed by atoms with Gasteiger partial charge in [0.2, 0.25) is 0 Å². The van der Waals surface area contributed by atoms with Gasteiger partial charge in [0.05, 0.1) is 0 Å². The predicted octanol–water partition coefficient (Wildman–Crippen LogP) is 1.95. The molecular weight excluding hydrogens is 204 g/mol. The van der Waals surface area contributed by atoms with E-state index in [4.69, 9.17) is 4.74 Å². The van der Waals surface area contributed by atoms with Crippen LogP contribution in [0.5, 0.6) is 5.75 Å². The minimum absolute atomic E-state index is 0.0282. The number of carbonyl (C=O) groups is 2. The molecule has 1 aliphatic rings. The first-order chi connectivity index (χ1) is 7.61. The van der Waals surface area contributed by atoms with Crippen LogP contribution in [0.4, 0.5) is 0 Å². The van der Waals surface area contributed by atoms with Crippen LogP contribution in [0, 0.1) is 0 Å². The Morgan fingerprint density at radius 3 is 2.94 bits per heavy atom. The Hall–Kier alpha value is -1.90. The van der Waals surface area contributed by atoms with Crippen LogP contribution in [0.25, 0.3) is 0 Å². The maximum Gasteiger partial charge on any atom is 0.159 e. The van der Waals surface area contributed by atoms with E-state index in [0.717, 1.165) is 11.3 Å². The largest absolute Gasteiger partial charge is 0.485 e. The summed E-state index contributed by atoms with van der Waals surface area (Å²) in [6, 6.07) is 5.31. The summed E-state index contributed by atoms with van der Waals surface area (Å²) in [5, 5.41) is 0. The van der Waals surface area contributed by atoms with E-state index < -0.39 is 0 Å². The second-order valence-corrected chi connectivity index (χ2v) is 3.88. The van der Waals surface area contributed by atoms with Crippen molar-refractivity contribution < 1.29 is 14.3 Å². The fraction of sp³-hybridized carbons (Fsp3) is 0.231. The smallest absolute Gasteiger partial charge is 0.159 e. The van der Waals surface area contributed by atoms with Crippen molar-refractivity contribution in [3.8, 4) is 5.75 Å². The number of ketones is 1. The number of Topliss-reactive ketones (excluding diaryl/α,β-unsaturated/α-hetero) is 1. The predicted molar refractivity (Wildman–Crippen MR) is 59.8 cm³/mol. The first-order valence-electron chi connectivity index (χ1n) is 5.06. The van der Waals surface area contributed by atoms with Crippen LogP contribution < -0.4 is 4.74 Å². The van der Waals surface area contributed by atoms with Gasteiger partial charge in [-0.15, -0.1) is 0 Å². The van der Waals surface area contributed by atoms with Gasteiger partial charge >= 0.3 is 0 Å². The monoisotopic (exact) mass is 216 g/mol. The number of rotatable bonds is 3. The van der Waals surface area contributed by atoms with Crippen LogP contribution in [0.15, 0.2) is 30.4 Å². The summed E-state index contributed by atoms with van der Waals surface area (Å²) in [6.45, 7) is 5.16. The van der Waals surface area contributed by atoms with Crippen molar-refractivity contribution in [3.63, 3.8) is 0 Å². The molecule has 3 heteroatoms. The van der Waals surface area contributed by atoms with Gasteiger partial charge in [-0.2, -0.15) is 0 Å². The maximum atomic E-state index is 11.2. The molecule has 16 heavy (non-hydrogen) atoms. The van der Waals surface area contributed by atoms with Crippen LogP contribution in [-0.2, 0) is 11.2 Å². The topological polar surface area (TPSA) is 43.4 Å². The molecule has 1 aromatic rings. The lowest BCUT2D eigenvalue weighted by molar-refractivity contribution is -0.105. The minimum Gasteiger partial charge on any atom is -0.485 e. The highest BCUT2D eigenvalue weighted by Crippen LogP contribution is 2.31. The average Bonchev–Trinajstić information content (AvgIpc) is 2.70. The lowest BCUT2D eigenvalue weighted by Gasteiger charge is -2.07. The Bertz CT molecular complexity index is 474. The average molecular weight is 216 g/mol. The van der Waals surface area contributed by atoms with Crippen LogP contribution in [0.2, 0.25) is 0 Å². The third-order valence-corrected chi connectivity index (χ3v) is 2.71. The molecule has 1 unspecified atom stereocenters. The van der Waals surface area contributed by atoms with Gasteiger partial charge < -0.3 is 4.74 Å². The Kier molecular flexibility index (Phi) is 2.60. The van der Waals surface area contributed by atoms with Gasteiger partial charge in [0.15, 0.2) is 5.78 Å². The summed E-state index contributed by atoms with van der Waals surface area (Å²) in [7, 11) is 0. The normalized spacial score (nSPS) is 17.4. The lowest BCUT2D eigenvalue weighted by atomic mass is 10.0. The Labute approximate surface area is 93.7 Å². The van der Waals surface area contributed by atoms with E-state index in [2.05, 4.69) is 6.58 Å². The van der Waals surface area contributed by atoms with Crippen molar-refractivity contribution in [1.29, 1.82) is 0 Å².